The monoisotopic (exact) mass is 639 g/mol. The van der Waals surface area contributed by atoms with Crippen molar-refractivity contribution >= 4 is 57.1 Å². The van der Waals surface area contributed by atoms with Crippen LogP contribution in [0.4, 0.5) is 11.4 Å². The zero-order valence-corrected chi connectivity index (χ0v) is 27.4. The highest BCUT2D eigenvalue weighted by Crippen LogP contribution is 2.42. The van der Waals surface area contributed by atoms with Crippen LogP contribution in [0.3, 0.4) is 0 Å². The van der Waals surface area contributed by atoms with Crippen LogP contribution >= 0.6 is 11.3 Å². The molecule has 4 heterocycles. The van der Waals surface area contributed by atoms with Crippen LogP contribution in [0, 0.1) is 5.92 Å². The number of hydrogen-bond donors (Lipinski definition) is 2. The third kappa shape index (κ3) is 6.24. The van der Waals surface area contributed by atoms with Crippen molar-refractivity contribution in [2.75, 3.05) is 16.3 Å². The fourth-order valence-corrected chi connectivity index (χ4v) is 7.34. The molecular formula is C36H41N5O4S. The van der Waals surface area contributed by atoms with Crippen molar-refractivity contribution in [2.45, 2.75) is 77.5 Å². The van der Waals surface area contributed by atoms with Crippen molar-refractivity contribution in [3.8, 4) is 0 Å². The van der Waals surface area contributed by atoms with E-state index in [0.29, 0.717) is 25.9 Å². The minimum absolute atomic E-state index is 0.0341. The van der Waals surface area contributed by atoms with Crippen molar-refractivity contribution < 1.29 is 19.2 Å². The molecule has 1 saturated heterocycles. The summed E-state index contributed by atoms with van der Waals surface area (Å²) in [6, 6.07) is 15.0. The maximum atomic E-state index is 14.3. The number of ketones is 1. The Morgan fingerprint density at radius 1 is 1.11 bits per heavy atom. The number of nitrogens with two attached hydrogens (primary N) is 1. The van der Waals surface area contributed by atoms with Gasteiger partial charge in [-0.1, -0.05) is 30.3 Å². The van der Waals surface area contributed by atoms with E-state index in [-0.39, 0.29) is 30.4 Å². The van der Waals surface area contributed by atoms with E-state index >= 15 is 0 Å². The van der Waals surface area contributed by atoms with Crippen molar-refractivity contribution in [3.63, 3.8) is 0 Å². The van der Waals surface area contributed by atoms with Crippen LogP contribution in [-0.4, -0.2) is 46.2 Å². The third-order valence-corrected chi connectivity index (χ3v) is 9.83. The van der Waals surface area contributed by atoms with Crippen molar-refractivity contribution in [2.24, 2.45) is 11.7 Å². The van der Waals surface area contributed by atoms with Crippen LogP contribution in [-0.2, 0) is 45.1 Å². The number of rotatable bonds is 11. The molecule has 6 rings (SSSR count). The van der Waals surface area contributed by atoms with Gasteiger partial charge in [0.05, 0.1) is 29.5 Å². The Kier molecular flexibility index (Phi) is 8.85. The molecule has 0 bridgehead atoms. The molecule has 2 aromatic carbocycles. The minimum Gasteiger partial charge on any atom is -0.347 e. The number of thiophene rings is 1. The summed E-state index contributed by atoms with van der Waals surface area (Å²) in [5, 5.41) is 7.94. The molecule has 4 aromatic rings. The molecule has 0 radical (unpaired) electrons. The molecule has 0 aliphatic carbocycles. The zero-order valence-electron chi connectivity index (χ0n) is 26.6. The number of Topliss-reactive ketones (excluding diaryl/α,β-unsaturated/α-hetero) is 1. The Morgan fingerprint density at radius 2 is 1.91 bits per heavy atom. The molecule has 10 heteroatoms. The average Bonchev–Trinajstić information content (AvgIpc) is 3.78. The Morgan fingerprint density at radius 3 is 2.61 bits per heavy atom. The number of carbonyl (C=O) groups is 4. The van der Waals surface area contributed by atoms with Gasteiger partial charge in [0.2, 0.25) is 17.7 Å². The van der Waals surface area contributed by atoms with E-state index in [4.69, 9.17) is 5.73 Å². The van der Waals surface area contributed by atoms with Crippen LogP contribution in [0.25, 0.3) is 10.9 Å². The second-order valence-corrected chi connectivity index (χ2v) is 13.8. The molecule has 0 saturated carbocycles. The van der Waals surface area contributed by atoms with E-state index in [9.17, 15) is 19.2 Å². The van der Waals surface area contributed by atoms with Crippen LogP contribution < -0.4 is 20.9 Å². The van der Waals surface area contributed by atoms with E-state index < -0.39 is 23.4 Å². The van der Waals surface area contributed by atoms with E-state index in [2.05, 4.69) is 16.8 Å². The van der Waals surface area contributed by atoms with Gasteiger partial charge in [-0.05, 0) is 79.3 Å². The molecule has 3 amide bonds. The number of nitrogens with zero attached hydrogens (tertiary/aromatic N) is 3. The Hall–Kier alpha value is -4.28. The van der Waals surface area contributed by atoms with Gasteiger partial charge in [0.25, 0.3) is 0 Å². The summed E-state index contributed by atoms with van der Waals surface area (Å²) in [6.07, 6.45) is 3.92. The largest absolute Gasteiger partial charge is 0.347 e. The van der Waals surface area contributed by atoms with Gasteiger partial charge in [0, 0.05) is 55.4 Å². The average molecular weight is 640 g/mol. The highest BCUT2D eigenvalue weighted by Gasteiger charge is 2.39. The minimum atomic E-state index is -1.18. The summed E-state index contributed by atoms with van der Waals surface area (Å²) in [4.78, 5) is 58.0. The molecule has 3 N–H and O–H groups in total. The first kappa shape index (κ1) is 31.7. The van der Waals surface area contributed by atoms with Gasteiger partial charge in [0.1, 0.15) is 0 Å². The number of carbonyl (C=O) groups excluding carboxylic acids is 4. The number of amides is 3. The molecule has 0 spiro atoms. The van der Waals surface area contributed by atoms with Gasteiger partial charge >= 0.3 is 0 Å². The molecule has 1 unspecified atom stereocenters. The number of anilines is 2. The zero-order chi connectivity index (χ0) is 32.6. The molecule has 2 aliphatic heterocycles. The van der Waals surface area contributed by atoms with Crippen LogP contribution in [0.2, 0.25) is 0 Å². The number of fused-ring (bicyclic) bond motifs is 2. The first-order valence-corrected chi connectivity index (χ1v) is 16.9. The summed E-state index contributed by atoms with van der Waals surface area (Å²) in [5.41, 5.74) is 10.4. The summed E-state index contributed by atoms with van der Waals surface area (Å²) in [6.45, 7) is 7.01. The Labute approximate surface area is 273 Å². The summed E-state index contributed by atoms with van der Waals surface area (Å²) < 4.78 is 2.13. The van der Waals surface area contributed by atoms with Crippen molar-refractivity contribution in [3.05, 3.63) is 82.2 Å². The van der Waals surface area contributed by atoms with Gasteiger partial charge in [-0.2, -0.15) is 11.3 Å². The van der Waals surface area contributed by atoms with E-state index in [1.807, 2.05) is 65.5 Å². The summed E-state index contributed by atoms with van der Waals surface area (Å²) >= 11 is 1.56. The number of aryl methyl sites for hydroxylation is 1. The van der Waals surface area contributed by atoms with E-state index in [1.165, 1.54) is 0 Å². The number of hydrogen-bond acceptors (Lipinski definition) is 6. The molecule has 2 aliphatic rings. The van der Waals surface area contributed by atoms with Gasteiger partial charge in [-0.15, -0.1) is 0 Å². The topological polar surface area (TPSA) is 118 Å². The third-order valence-electron chi connectivity index (χ3n) is 9.10. The van der Waals surface area contributed by atoms with E-state index in [1.54, 1.807) is 35.0 Å². The van der Waals surface area contributed by atoms with Gasteiger partial charge in [-0.25, -0.2) is 0 Å². The lowest BCUT2D eigenvalue weighted by Gasteiger charge is -2.37. The number of benzene rings is 2. The summed E-state index contributed by atoms with van der Waals surface area (Å²) in [5.74, 6) is -1.36. The number of para-hydroxylation sites is 2. The predicted octanol–water partition coefficient (Wildman–Crippen LogP) is 4.98. The molecule has 9 nitrogen and oxygen atoms in total. The molecule has 2 atom stereocenters. The molecule has 46 heavy (non-hydrogen) atoms. The van der Waals surface area contributed by atoms with Gasteiger partial charge in [0.15, 0.2) is 5.78 Å². The van der Waals surface area contributed by atoms with Crippen molar-refractivity contribution in [1.82, 2.24) is 9.88 Å². The Bertz CT molecular complexity index is 1790. The predicted molar refractivity (Wildman–Crippen MR) is 182 cm³/mol. The van der Waals surface area contributed by atoms with Gasteiger partial charge < -0.3 is 25.4 Å². The molecular weight excluding hydrogens is 598 g/mol. The highest BCUT2D eigenvalue weighted by atomic mass is 32.1. The summed E-state index contributed by atoms with van der Waals surface area (Å²) in [7, 11) is 0. The SMILES string of the molecule is CCn1cc(C[C@@H](NC(=O)C(C)(C)N)C(=O)CC2Cc3cccc(N4CCCC4=O)c3N(Cc3ccsc3)C2=O)c2ccccc21. The quantitative estimate of drug-likeness (QED) is 0.240. The Balaban J connectivity index is 1.33. The second kappa shape index (κ2) is 12.8. The first-order chi connectivity index (χ1) is 22.0. The normalized spacial score (nSPS) is 17.4. The lowest BCUT2D eigenvalue weighted by atomic mass is 9.85. The standard InChI is InChI=1S/C36H41N5O4S/c1-4-39-21-26(27-10-5-6-11-29(27)39)18-28(38-35(45)36(2,3)37)31(42)19-25-17-24-9-7-12-30(40-15-8-13-32(40)43)33(24)41(34(25)44)20-23-14-16-46-22-23/h5-7,9-12,14,16,21-22,25,28H,4,8,13,15,17-20,37H2,1-3H3,(H,38,45)/t25?,28-/m1/s1. The number of nitrogens with one attached hydrogen (secondary N) is 1. The van der Waals surface area contributed by atoms with Crippen LogP contribution in [0.5, 0.6) is 0 Å². The fraction of sp³-hybridized carbons (Fsp3) is 0.389. The van der Waals surface area contributed by atoms with Gasteiger partial charge in [-0.3, -0.25) is 19.2 Å². The van der Waals surface area contributed by atoms with E-state index in [0.717, 1.165) is 51.9 Å². The van der Waals surface area contributed by atoms with Crippen molar-refractivity contribution in [1.29, 1.82) is 0 Å². The first-order valence-electron chi connectivity index (χ1n) is 16.0. The molecule has 2 aromatic heterocycles. The van der Waals surface area contributed by atoms with Crippen LogP contribution in [0.1, 0.15) is 56.7 Å². The van der Waals surface area contributed by atoms with Crippen LogP contribution in [0.15, 0.2) is 65.5 Å². The lowest BCUT2D eigenvalue weighted by Crippen LogP contribution is -2.55. The fourth-order valence-electron chi connectivity index (χ4n) is 6.68. The second-order valence-electron chi connectivity index (χ2n) is 13.0. The number of aromatic nitrogens is 1. The maximum Gasteiger partial charge on any atom is 0.240 e. The smallest absolute Gasteiger partial charge is 0.240 e. The highest BCUT2D eigenvalue weighted by molar-refractivity contribution is 7.07. The molecule has 1 fully saturated rings. The maximum absolute atomic E-state index is 14.3. The lowest BCUT2D eigenvalue weighted by molar-refractivity contribution is -0.132. The molecule has 240 valence electrons.